The van der Waals surface area contributed by atoms with Crippen LogP contribution >= 0.6 is 11.3 Å². The van der Waals surface area contributed by atoms with Gasteiger partial charge in [0.05, 0.1) is 24.6 Å². The number of carbonyl (C=O) groups excluding carboxylic acids is 1. The van der Waals surface area contributed by atoms with E-state index in [2.05, 4.69) is 5.32 Å². The molecule has 3 aliphatic carbocycles. The molecule has 5 rings (SSSR count). The number of nitrogens with two attached hydrogens (primary N) is 2. The number of rotatable bonds is 5. The van der Waals surface area contributed by atoms with E-state index in [1.807, 2.05) is 0 Å². The Morgan fingerprint density at radius 1 is 1.22 bits per heavy atom. The Balaban J connectivity index is 0.000000159. The van der Waals surface area contributed by atoms with Gasteiger partial charge in [0.1, 0.15) is 20.8 Å². The second kappa shape index (κ2) is 8.81. The Labute approximate surface area is 192 Å². The summed E-state index contributed by atoms with van der Waals surface area (Å²) >= 11 is 1.11. The minimum absolute atomic E-state index is 0.321. The lowest BCUT2D eigenvalue weighted by Gasteiger charge is -2.21. The average Bonchev–Trinajstić information content (AvgIpc) is 3.14. The van der Waals surface area contributed by atoms with Crippen LogP contribution in [0.5, 0.6) is 0 Å². The van der Waals surface area contributed by atoms with Gasteiger partial charge in [0.15, 0.2) is 0 Å². The van der Waals surface area contributed by atoms with Crippen LogP contribution in [0.1, 0.15) is 53.8 Å². The summed E-state index contributed by atoms with van der Waals surface area (Å²) in [6.07, 6.45) is 8.00. The summed E-state index contributed by atoms with van der Waals surface area (Å²) in [6.45, 7) is -1.20. The fourth-order valence-corrected chi connectivity index (χ4v) is 6.09. The number of amides is 2. The number of aryl methyl sites for hydroxylation is 1. The predicted molar refractivity (Wildman–Crippen MR) is 122 cm³/mol. The smallest absolute Gasteiger partial charge is 0.316 e. The fourth-order valence-electron chi connectivity index (χ4n) is 4.60. The molecule has 0 aromatic carbocycles. The normalized spacial score (nSPS) is 18.5. The molecule has 32 heavy (non-hydrogen) atoms. The molecule has 2 aromatic rings. The highest BCUT2D eigenvalue weighted by atomic mass is 32.2. The number of anilines is 1. The van der Waals surface area contributed by atoms with Crippen LogP contribution in [0.3, 0.4) is 0 Å². The highest BCUT2D eigenvalue weighted by Crippen LogP contribution is 2.58. The van der Waals surface area contributed by atoms with Gasteiger partial charge in [0.25, 0.3) is 0 Å². The molecule has 1 saturated carbocycles. The molecule has 0 radical (unpaired) electrons. The van der Waals surface area contributed by atoms with Gasteiger partial charge in [0.2, 0.25) is 0 Å². The van der Waals surface area contributed by atoms with E-state index in [9.17, 15) is 14.1 Å². The number of nitrogens with zero attached hydrogens (tertiary/aromatic N) is 1. The molecule has 174 valence electrons. The first-order valence-electron chi connectivity index (χ1n) is 10.5. The van der Waals surface area contributed by atoms with E-state index in [4.69, 9.17) is 26.1 Å². The van der Waals surface area contributed by atoms with Crippen molar-refractivity contribution >= 4 is 34.0 Å². The number of pyridine rings is 1. The van der Waals surface area contributed by atoms with Crippen molar-refractivity contribution in [3.63, 3.8) is 0 Å². The lowest BCUT2D eigenvalue weighted by molar-refractivity contribution is -0.0596. The summed E-state index contributed by atoms with van der Waals surface area (Å²) in [5.41, 5.74) is 10.3. The van der Waals surface area contributed by atoms with Gasteiger partial charge in [-0.15, -0.1) is 11.3 Å². The molecule has 2 heterocycles. The first-order chi connectivity index (χ1) is 15.2. The summed E-state index contributed by atoms with van der Waals surface area (Å²) in [4.78, 5) is 16.2. The zero-order valence-electron chi connectivity index (χ0n) is 17.6. The van der Waals surface area contributed by atoms with Gasteiger partial charge in [-0.2, -0.15) is 0 Å². The number of fused-ring (bicyclic) bond motifs is 3. The van der Waals surface area contributed by atoms with Gasteiger partial charge < -0.3 is 26.4 Å². The van der Waals surface area contributed by atoms with E-state index in [1.165, 1.54) is 53.2 Å². The van der Waals surface area contributed by atoms with Crippen LogP contribution in [-0.2, 0) is 41.3 Å². The number of primary amides is 1. The summed E-state index contributed by atoms with van der Waals surface area (Å²) < 4.78 is 11.2. The molecule has 0 aliphatic heterocycles. The molecule has 0 saturated heterocycles. The van der Waals surface area contributed by atoms with Crippen LogP contribution in [-0.4, -0.2) is 43.8 Å². The molecule has 2 aromatic heterocycles. The molecule has 3 aliphatic rings. The number of hydrogen-bond acceptors (Lipinski definition) is 7. The highest BCUT2D eigenvalue weighted by molar-refractivity contribution is 7.85. The van der Waals surface area contributed by atoms with E-state index in [1.54, 1.807) is 0 Å². The topological polar surface area (TPSA) is 172 Å². The molecule has 11 heteroatoms. The zero-order valence-corrected chi connectivity index (χ0v) is 19.2. The van der Waals surface area contributed by atoms with Crippen molar-refractivity contribution in [3.8, 4) is 0 Å². The van der Waals surface area contributed by atoms with E-state index in [0.29, 0.717) is 15.2 Å². The van der Waals surface area contributed by atoms with Crippen molar-refractivity contribution in [2.24, 2.45) is 10.9 Å². The maximum absolute atomic E-state index is 11.2. The second-order valence-electron chi connectivity index (χ2n) is 8.66. The van der Waals surface area contributed by atoms with Crippen LogP contribution in [0, 0.1) is 0 Å². The third kappa shape index (κ3) is 4.20. The van der Waals surface area contributed by atoms with Gasteiger partial charge in [-0.05, 0) is 67.5 Å². The molecule has 1 unspecified atom stereocenters. The maximum Gasteiger partial charge on any atom is 0.316 e. The van der Waals surface area contributed by atoms with Crippen molar-refractivity contribution in [2.45, 2.75) is 60.2 Å². The Bertz CT molecular complexity index is 1060. The number of thiophene rings is 1. The SMILES string of the molecule is NC(=O)Nc1c2c(nc3c1CCC31CC1)CCC2.NS(=O)c1cc(C(O)(CO)CO)cs1. The average molecular weight is 481 g/mol. The molecule has 1 atom stereocenters. The van der Waals surface area contributed by atoms with E-state index < -0.39 is 35.8 Å². The lowest BCUT2D eigenvalue weighted by atomic mass is 9.99. The third-order valence-electron chi connectivity index (χ3n) is 6.62. The number of urea groups is 1. The summed E-state index contributed by atoms with van der Waals surface area (Å²) in [5, 5.41) is 36.9. The maximum atomic E-state index is 11.2. The molecule has 2 amide bonds. The van der Waals surface area contributed by atoms with Crippen LogP contribution in [0.2, 0.25) is 0 Å². The van der Waals surface area contributed by atoms with Crippen LogP contribution in [0.15, 0.2) is 15.7 Å². The first kappa shape index (κ1) is 23.3. The summed E-state index contributed by atoms with van der Waals surface area (Å²) in [7, 11) is -1.60. The number of aliphatic hydroxyl groups excluding tert-OH is 2. The first-order valence-corrected chi connectivity index (χ1v) is 12.6. The number of aromatic nitrogens is 1. The molecule has 1 fully saturated rings. The van der Waals surface area contributed by atoms with Crippen molar-refractivity contribution in [1.29, 1.82) is 0 Å². The molecule has 9 nitrogen and oxygen atoms in total. The predicted octanol–water partition coefficient (Wildman–Crippen LogP) is 0.940. The highest BCUT2D eigenvalue weighted by Gasteiger charge is 2.51. The molecular weight excluding hydrogens is 452 g/mol. The van der Waals surface area contributed by atoms with E-state index >= 15 is 0 Å². The van der Waals surface area contributed by atoms with Crippen molar-refractivity contribution in [3.05, 3.63) is 39.5 Å². The van der Waals surface area contributed by atoms with Crippen LogP contribution in [0.25, 0.3) is 0 Å². The molecular formula is C21H28N4O5S2. The Kier molecular flexibility index (Phi) is 6.40. The summed E-state index contributed by atoms with van der Waals surface area (Å²) in [5.74, 6) is 0. The Morgan fingerprint density at radius 3 is 2.50 bits per heavy atom. The fraction of sp³-hybridized carbons (Fsp3) is 0.524. The summed E-state index contributed by atoms with van der Waals surface area (Å²) in [6, 6.07) is 0.960. The van der Waals surface area contributed by atoms with Gasteiger partial charge in [-0.3, -0.25) is 4.98 Å². The number of carbonyl (C=O) groups is 1. The second-order valence-corrected chi connectivity index (χ2v) is 10.9. The number of nitrogens with one attached hydrogen (secondary N) is 1. The minimum Gasteiger partial charge on any atom is -0.393 e. The van der Waals surface area contributed by atoms with Crippen LogP contribution < -0.4 is 16.2 Å². The Morgan fingerprint density at radius 2 is 1.94 bits per heavy atom. The Hall–Kier alpha value is -1.89. The van der Waals surface area contributed by atoms with Gasteiger partial charge in [-0.1, -0.05) is 0 Å². The molecule has 0 bridgehead atoms. The van der Waals surface area contributed by atoms with Gasteiger partial charge >= 0.3 is 6.03 Å². The van der Waals surface area contributed by atoms with Gasteiger partial charge in [-0.25, -0.2) is 14.1 Å². The van der Waals surface area contributed by atoms with Crippen molar-refractivity contribution in [1.82, 2.24) is 4.98 Å². The minimum atomic E-state index is -1.69. The number of hydrogen-bond donors (Lipinski definition) is 6. The van der Waals surface area contributed by atoms with Gasteiger partial charge in [0, 0.05) is 16.7 Å². The van der Waals surface area contributed by atoms with Crippen molar-refractivity contribution in [2.75, 3.05) is 18.5 Å². The van der Waals surface area contributed by atoms with Crippen LogP contribution in [0.4, 0.5) is 10.5 Å². The third-order valence-corrected chi connectivity index (χ3v) is 8.63. The number of aliphatic hydroxyl groups is 3. The molecule has 8 N–H and O–H groups in total. The lowest BCUT2D eigenvalue weighted by Crippen LogP contribution is -2.33. The molecule has 1 spiro atoms. The monoisotopic (exact) mass is 480 g/mol. The zero-order chi connectivity index (χ0) is 23.1. The van der Waals surface area contributed by atoms with Crippen molar-refractivity contribution < 1.29 is 24.3 Å². The standard InChI is InChI=1S/C14H17N3O.C7H11NO4S2/c15-13(18)17-11-8-2-1-3-10(8)16-12-9(11)4-5-14(12)6-7-14;8-14(12)6-1-5(2-13-6)7(11,3-9)4-10/h1-7H2,(H3,15,16,17,18);1-2,9-11H,3-4,8H2. The van der Waals surface area contributed by atoms with E-state index in [-0.39, 0.29) is 0 Å². The largest absolute Gasteiger partial charge is 0.393 e. The quantitative estimate of drug-likeness (QED) is 0.372. The van der Waals surface area contributed by atoms with E-state index in [0.717, 1.165) is 42.7 Å².